The molecule has 2 heterocycles. The Hall–Kier alpha value is -2.77. The van der Waals surface area contributed by atoms with Gasteiger partial charge in [0, 0.05) is 11.8 Å². The number of nitrogens with zero attached hydrogens (tertiary/aromatic N) is 4. The van der Waals surface area contributed by atoms with E-state index in [1.54, 1.807) is 25.3 Å². The van der Waals surface area contributed by atoms with Crippen molar-refractivity contribution in [1.29, 1.82) is 0 Å². The summed E-state index contributed by atoms with van der Waals surface area (Å²) in [7, 11) is 0. The highest BCUT2D eigenvalue weighted by Gasteiger charge is 2.16. The zero-order chi connectivity index (χ0) is 19.7. The Morgan fingerprint density at radius 3 is 2.67 bits per heavy atom. The summed E-state index contributed by atoms with van der Waals surface area (Å²) in [4.78, 5) is 25.0. The van der Waals surface area contributed by atoms with E-state index < -0.39 is 17.5 Å². The zero-order valence-corrected chi connectivity index (χ0v) is 15.9. The van der Waals surface area contributed by atoms with Crippen LogP contribution in [0.1, 0.15) is 36.7 Å². The lowest BCUT2D eigenvalue weighted by Gasteiger charge is -2.15. The van der Waals surface area contributed by atoms with E-state index >= 15 is 0 Å². The first-order valence-corrected chi connectivity index (χ1v) is 8.81. The average molecular weight is 387 g/mol. The highest BCUT2D eigenvalue weighted by atomic mass is 35.5. The number of aromatic nitrogens is 4. The van der Waals surface area contributed by atoms with Crippen molar-refractivity contribution in [2.75, 3.05) is 0 Å². The summed E-state index contributed by atoms with van der Waals surface area (Å²) in [5.74, 6) is 0.171. The van der Waals surface area contributed by atoms with Gasteiger partial charge in [-0.3, -0.25) is 9.36 Å². The van der Waals surface area contributed by atoms with Gasteiger partial charge in [0.2, 0.25) is 5.88 Å². The summed E-state index contributed by atoms with van der Waals surface area (Å²) in [6, 6.07) is 7.26. The lowest BCUT2D eigenvalue weighted by molar-refractivity contribution is 0.163. The molecule has 0 amide bonds. The summed E-state index contributed by atoms with van der Waals surface area (Å²) >= 11 is 5.89. The second-order valence-electron chi connectivity index (χ2n) is 6.16. The molecule has 27 heavy (non-hydrogen) atoms. The molecular formula is C19H19ClN4O3. The van der Waals surface area contributed by atoms with Gasteiger partial charge < -0.3 is 10.2 Å². The highest BCUT2D eigenvalue weighted by molar-refractivity contribution is 6.31. The molecule has 0 aliphatic heterocycles. The Kier molecular flexibility index (Phi) is 5.25. The third kappa shape index (κ3) is 3.56. The van der Waals surface area contributed by atoms with Crippen molar-refractivity contribution in [3.05, 3.63) is 63.1 Å². The Bertz CT molecular complexity index is 1070. The van der Waals surface area contributed by atoms with E-state index in [9.17, 15) is 15.0 Å². The molecule has 0 radical (unpaired) electrons. The van der Waals surface area contributed by atoms with Gasteiger partial charge in [-0.1, -0.05) is 30.7 Å². The number of aryl methyl sites for hydroxylation is 2. The van der Waals surface area contributed by atoms with E-state index in [1.807, 2.05) is 26.0 Å². The monoisotopic (exact) mass is 386 g/mol. The van der Waals surface area contributed by atoms with E-state index in [0.29, 0.717) is 29.5 Å². The van der Waals surface area contributed by atoms with Crippen LogP contribution in [0.2, 0.25) is 5.02 Å². The SMILES string of the molecule is CCC(O)c1nccc(-c2ccc(C)c(-n3c(C)nc(O)c(Cl)c3=O)c2)n1. The number of aromatic hydroxyl groups is 1. The molecule has 2 N–H and O–H groups in total. The molecule has 1 atom stereocenters. The van der Waals surface area contributed by atoms with Crippen molar-refractivity contribution in [2.24, 2.45) is 0 Å². The molecule has 1 aromatic carbocycles. The van der Waals surface area contributed by atoms with Crippen LogP contribution in [-0.2, 0) is 0 Å². The van der Waals surface area contributed by atoms with E-state index in [1.165, 1.54) is 4.57 Å². The first-order chi connectivity index (χ1) is 12.8. The highest BCUT2D eigenvalue weighted by Crippen LogP contribution is 2.26. The number of hydrogen-bond acceptors (Lipinski definition) is 6. The summed E-state index contributed by atoms with van der Waals surface area (Å²) in [5, 5.41) is 19.3. The Balaban J connectivity index is 2.18. The summed E-state index contributed by atoms with van der Waals surface area (Å²) in [5.41, 5.74) is 2.23. The Labute approximate surface area is 161 Å². The van der Waals surface area contributed by atoms with Gasteiger partial charge in [-0.15, -0.1) is 0 Å². The molecule has 2 aromatic heterocycles. The van der Waals surface area contributed by atoms with Gasteiger partial charge in [0.05, 0.1) is 11.4 Å². The number of aliphatic hydroxyl groups is 1. The van der Waals surface area contributed by atoms with E-state index in [0.717, 1.165) is 11.1 Å². The van der Waals surface area contributed by atoms with Crippen molar-refractivity contribution in [1.82, 2.24) is 19.5 Å². The van der Waals surface area contributed by atoms with Crippen molar-refractivity contribution < 1.29 is 10.2 Å². The van der Waals surface area contributed by atoms with Crippen LogP contribution in [0.4, 0.5) is 0 Å². The average Bonchev–Trinajstić information content (AvgIpc) is 2.67. The molecule has 0 aliphatic rings. The molecule has 0 aliphatic carbocycles. The molecule has 8 heteroatoms. The minimum absolute atomic E-state index is 0.312. The predicted molar refractivity (Wildman–Crippen MR) is 102 cm³/mol. The summed E-state index contributed by atoms with van der Waals surface area (Å²) in [6.45, 7) is 5.32. The molecule has 3 aromatic rings. The molecule has 0 bridgehead atoms. The molecule has 3 rings (SSSR count). The van der Waals surface area contributed by atoms with Crippen molar-refractivity contribution >= 4 is 11.6 Å². The molecule has 7 nitrogen and oxygen atoms in total. The van der Waals surface area contributed by atoms with E-state index in [4.69, 9.17) is 11.6 Å². The van der Waals surface area contributed by atoms with Crippen LogP contribution in [0, 0.1) is 13.8 Å². The van der Waals surface area contributed by atoms with Crippen LogP contribution in [0.3, 0.4) is 0 Å². The second-order valence-corrected chi connectivity index (χ2v) is 6.54. The number of aliphatic hydroxyl groups excluding tert-OH is 1. The van der Waals surface area contributed by atoms with Gasteiger partial charge in [0.25, 0.3) is 5.56 Å². The molecular weight excluding hydrogens is 368 g/mol. The minimum Gasteiger partial charge on any atom is -0.492 e. The number of halogens is 1. The molecule has 0 saturated heterocycles. The largest absolute Gasteiger partial charge is 0.492 e. The van der Waals surface area contributed by atoms with E-state index in [-0.39, 0.29) is 5.02 Å². The first kappa shape index (κ1) is 19.0. The second kappa shape index (κ2) is 7.46. The van der Waals surface area contributed by atoms with Crippen molar-refractivity contribution in [3.8, 4) is 22.8 Å². The normalized spacial score (nSPS) is 12.2. The number of rotatable bonds is 4. The number of benzene rings is 1. The maximum atomic E-state index is 12.6. The van der Waals surface area contributed by atoms with Gasteiger partial charge in [-0.25, -0.2) is 9.97 Å². The molecule has 1 unspecified atom stereocenters. The third-order valence-corrected chi connectivity index (χ3v) is 4.61. The molecule has 0 fully saturated rings. The standard InChI is InChI=1S/C19H19ClN4O3/c1-4-15(25)17-21-8-7-13(23-17)12-6-5-10(2)14(9-12)24-11(3)22-18(26)16(20)19(24)27/h5-9,15,25-26H,4H2,1-3H3. The summed E-state index contributed by atoms with van der Waals surface area (Å²) < 4.78 is 1.35. The van der Waals surface area contributed by atoms with Crippen LogP contribution in [0.5, 0.6) is 5.88 Å². The lowest BCUT2D eigenvalue weighted by atomic mass is 10.1. The minimum atomic E-state index is -0.736. The Morgan fingerprint density at radius 1 is 1.22 bits per heavy atom. The van der Waals surface area contributed by atoms with Crippen molar-refractivity contribution in [2.45, 2.75) is 33.3 Å². The smallest absolute Gasteiger partial charge is 0.280 e. The number of hydrogen-bond donors (Lipinski definition) is 2. The van der Waals surface area contributed by atoms with Crippen LogP contribution >= 0.6 is 11.6 Å². The van der Waals surface area contributed by atoms with Crippen LogP contribution in [-0.4, -0.2) is 29.7 Å². The molecule has 0 spiro atoms. The van der Waals surface area contributed by atoms with Gasteiger partial charge in [0.1, 0.15) is 11.9 Å². The zero-order valence-electron chi connectivity index (χ0n) is 15.1. The van der Waals surface area contributed by atoms with Gasteiger partial charge in [-0.05, 0) is 38.0 Å². The van der Waals surface area contributed by atoms with E-state index in [2.05, 4.69) is 15.0 Å². The fourth-order valence-corrected chi connectivity index (χ4v) is 2.89. The predicted octanol–water partition coefficient (Wildman–Crippen LogP) is 3.11. The third-order valence-electron chi connectivity index (χ3n) is 4.28. The fourth-order valence-electron chi connectivity index (χ4n) is 2.76. The van der Waals surface area contributed by atoms with Crippen LogP contribution < -0.4 is 5.56 Å². The fraction of sp³-hybridized carbons (Fsp3) is 0.263. The maximum Gasteiger partial charge on any atom is 0.280 e. The first-order valence-electron chi connectivity index (χ1n) is 8.44. The van der Waals surface area contributed by atoms with Crippen LogP contribution in [0.15, 0.2) is 35.3 Å². The quantitative estimate of drug-likeness (QED) is 0.714. The van der Waals surface area contributed by atoms with Gasteiger partial charge in [0.15, 0.2) is 10.8 Å². The topological polar surface area (TPSA) is 101 Å². The van der Waals surface area contributed by atoms with Gasteiger partial charge >= 0.3 is 0 Å². The van der Waals surface area contributed by atoms with Crippen LogP contribution in [0.25, 0.3) is 16.9 Å². The van der Waals surface area contributed by atoms with Crippen molar-refractivity contribution in [3.63, 3.8) is 0 Å². The molecule has 140 valence electrons. The molecule has 0 saturated carbocycles. The maximum absolute atomic E-state index is 12.6. The Morgan fingerprint density at radius 2 is 1.96 bits per heavy atom. The lowest BCUT2D eigenvalue weighted by Crippen LogP contribution is -2.23. The summed E-state index contributed by atoms with van der Waals surface area (Å²) in [6.07, 6.45) is 1.36. The van der Waals surface area contributed by atoms with Gasteiger partial charge in [-0.2, -0.15) is 4.98 Å².